The average Bonchev–Trinajstić information content (AvgIpc) is 3.22. The number of aromatic nitrogens is 3. The first kappa shape index (κ1) is 20.6. The van der Waals surface area contributed by atoms with Crippen LogP contribution >= 0.6 is 0 Å². The van der Waals surface area contributed by atoms with Crippen molar-refractivity contribution in [2.24, 2.45) is 5.92 Å². The number of pyridine rings is 1. The maximum absolute atomic E-state index is 12.5. The lowest BCUT2D eigenvalue weighted by atomic mass is 10.0. The van der Waals surface area contributed by atoms with Gasteiger partial charge in [-0.2, -0.15) is 0 Å². The molecule has 0 spiro atoms. The van der Waals surface area contributed by atoms with Crippen LogP contribution in [-0.4, -0.2) is 21.0 Å². The minimum Gasteiger partial charge on any atom is -0.445 e. The van der Waals surface area contributed by atoms with Gasteiger partial charge in [-0.05, 0) is 53.3 Å². The van der Waals surface area contributed by atoms with Gasteiger partial charge in [0.05, 0.1) is 17.1 Å². The third-order valence-corrected chi connectivity index (χ3v) is 5.06. The first-order chi connectivity index (χ1) is 15.1. The van der Waals surface area contributed by atoms with Crippen LogP contribution in [0.3, 0.4) is 0 Å². The standard InChI is InChI=1S/C25H26N4O2/c1-17(2)14-23(29-25(30)31-16-18-6-4-3-5-7-18)24-27-21-9-8-20(15-22(21)28-24)19-10-12-26-13-11-19/h3-13,15,17,23H,14,16H2,1-2H3,(H,27,28)(H,29,30)/t23-/m1/s1. The summed E-state index contributed by atoms with van der Waals surface area (Å²) in [6.07, 6.45) is 3.85. The fourth-order valence-corrected chi connectivity index (χ4v) is 3.54. The molecule has 0 fully saturated rings. The third kappa shape index (κ3) is 5.28. The van der Waals surface area contributed by atoms with Crippen LogP contribution in [-0.2, 0) is 11.3 Å². The number of ether oxygens (including phenoxy) is 1. The fourth-order valence-electron chi connectivity index (χ4n) is 3.54. The summed E-state index contributed by atoms with van der Waals surface area (Å²) in [4.78, 5) is 24.7. The maximum atomic E-state index is 12.5. The molecule has 0 radical (unpaired) electrons. The number of imidazole rings is 1. The molecule has 6 heteroatoms. The third-order valence-electron chi connectivity index (χ3n) is 5.06. The molecule has 2 N–H and O–H groups in total. The van der Waals surface area contributed by atoms with Gasteiger partial charge in [0.25, 0.3) is 0 Å². The molecule has 4 rings (SSSR count). The van der Waals surface area contributed by atoms with E-state index in [4.69, 9.17) is 9.72 Å². The number of hydrogen-bond acceptors (Lipinski definition) is 4. The number of nitrogens with one attached hydrogen (secondary N) is 2. The number of carbonyl (C=O) groups is 1. The molecule has 2 aromatic heterocycles. The van der Waals surface area contributed by atoms with E-state index in [-0.39, 0.29) is 12.6 Å². The molecular weight excluding hydrogens is 388 g/mol. The molecule has 0 aliphatic carbocycles. The van der Waals surface area contributed by atoms with Crippen LogP contribution in [0.15, 0.2) is 73.1 Å². The predicted molar refractivity (Wildman–Crippen MR) is 121 cm³/mol. The van der Waals surface area contributed by atoms with E-state index in [1.54, 1.807) is 12.4 Å². The Bertz CT molecular complexity index is 1140. The summed E-state index contributed by atoms with van der Waals surface area (Å²) in [5.74, 6) is 1.10. The van der Waals surface area contributed by atoms with Crippen molar-refractivity contribution in [3.63, 3.8) is 0 Å². The highest BCUT2D eigenvalue weighted by molar-refractivity contribution is 5.82. The number of carbonyl (C=O) groups excluding carboxylic acids is 1. The van der Waals surface area contributed by atoms with Crippen molar-refractivity contribution in [2.45, 2.75) is 32.9 Å². The lowest BCUT2D eigenvalue weighted by Gasteiger charge is -2.18. The summed E-state index contributed by atoms with van der Waals surface area (Å²) in [5, 5.41) is 2.98. The molecule has 0 saturated heterocycles. The number of hydrogen-bond donors (Lipinski definition) is 2. The molecule has 0 aliphatic heterocycles. The van der Waals surface area contributed by atoms with Crippen molar-refractivity contribution in [3.05, 3.63) is 84.4 Å². The Morgan fingerprint density at radius 3 is 2.55 bits per heavy atom. The molecule has 158 valence electrons. The Kier molecular flexibility index (Phi) is 6.26. The van der Waals surface area contributed by atoms with Gasteiger partial charge in [0, 0.05) is 12.4 Å². The summed E-state index contributed by atoms with van der Waals surface area (Å²) >= 11 is 0. The average molecular weight is 415 g/mol. The molecule has 2 heterocycles. The Balaban J connectivity index is 1.52. The first-order valence-electron chi connectivity index (χ1n) is 10.5. The molecule has 2 aromatic carbocycles. The minimum atomic E-state index is -0.451. The topological polar surface area (TPSA) is 79.9 Å². The van der Waals surface area contributed by atoms with E-state index in [2.05, 4.69) is 35.2 Å². The Morgan fingerprint density at radius 2 is 1.81 bits per heavy atom. The highest BCUT2D eigenvalue weighted by Gasteiger charge is 2.21. The summed E-state index contributed by atoms with van der Waals surface area (Å²) < 4.78 is 5.42. The predicted octanol–water partition coefficient (Wildman–Crippen LogP) is 5.64. The normalized spacial score (nSPS) is 12.1. The zero-order valence-corrected chi connectivity index (χ0v) is 17.7. The van der Waals surface area contributed by atoms with Crippen molar-refractivity contribution >= 4 is 17.1 Å². The zero-order valence-electron chi connectivity index (χ0n) is 17.7. The Hall–Kier alpha value is -3.67. The summed E-state index contributed by atoms with van der Waals surface area (Å²) in [5.41, 5.74) is 4.92. The van der Waals surface area contributed by atoms with Crippen LogP contribution in [0.1, 0.15) is 37.7 Å². The molecule has 0 saturated carbocycles. The van der Waals surface area contributed by atoms with E-state index in [0.29, 0.717) is 5.92 Å². The molecule has 1 atom stereocenters. The number of alkyl carbamates (subject to hydrolysis) is 1. The highest BCUT2D eigenvalue weighted by atomic mass is 16.5. The van der Waals surface area contributed by atoms with Crippen LogP contribution < -0.4 is 5.32 Å². The van der Waals surface area contributed by atoms with Crippen LogP contribution in [0, 0.1) is 5.92 Å². The zero-order chi connectivity index (χ0) is 21.6. The van der Waals surface area contributed by atoms with Crippen LogP contribution in [0.25, 0.3) is 22.2 Å². The Labute approximate surface area is 181 Å². The van der Waals surface area contributed by atoms with Gasteiger partial charge in [0.1, 0.15) is 12.4 Å². The number of amides is 1. The van der Waals surface area contributed by atoms with Crippen molar-refractivity contribution < 1.29 is 9.53 Å². The van der Waals surface area contributed by atoms with Crippen molar-refractivity contribution in [3.8, 4) is 11.1 Å². The highest BCUT2D eigenvalue weighted by Crippen LogP contribution is 2.26. The summed E-state index contributed by atoms with van der Waals surface area (Å²) in [6, 6.07) is 19.4. The minimum absolute atomic E-state index is 0.233. The molecule has 0 aliphatic rings. The van der Waals surface area contributed by atoms with E-state index in [1.807, 2.05) is 54.6 Å². The number of fused-ring (bicyclic) bond motifs is 1. The first-order valence-corrected chi connectivity index (χ1v) is 10.5. The van der Waals surface area contributed by atoms with E-state index < -0.39 is 6.09 Å². The molecule has 4 aromatic rings. The number of H-pyrrole nitrogens is 1. The maximum Gasteiger partial charge on any atom is 0.408 e. The second-order valence-electron chi connectivity index (χ2n) is 7.98. The van der Waals surface area contributed by atoms with Gasteiger partial charge in [-0.3, -0.25) is 4.98 Å². The van der Waals surface area contributed by atoms with Crippen LogP contribution in [0.5, 0.6) is 0 Å². The summed E-state index contributed by atoms with van der Waals surface area (Å²) in [6.45, 7) is 4.47. The van der Waals surface area contributed by atoms with E-state index in [1.165, 1.54) is 0 Å². The fraction of sp³-hybridized carbons (Fsp3) is 0.240. The lowest BCUT2D eigenvalue weighted by molar-refractivity contribution is 0.134. The number of rotatable bonds is 7. The van der Waals surface area contributed by atoms with Gasteiger partial charge in [0.15, 0.2) is 0 Å². The quantitative estimate of drug-likeness (QED) is 0.410. The van der Waals surface area contributed by atoms with Crippen molar-refractivity contribution in [1.29, 1.82) is 0 Å². The Morgan fingerprint density at radius 1 is 1.03 bits per heavy atom. The molecule has 1 amide bonds. The van der Waals surface area contributed by atoms with Crippen LogP contribution in [0.2, 0.25) is 0 Å². The van der Waals surface area contributed by atoms with Gasteiger partial charge in [-0.25, -0.2) is 9.78 Å². The number of nitrogens with zero attached hydrogens (tertiary/aromatic N) is 2. The van der Waals surface area contributed by atoms with Crippen molar-refractivity contribution in [2.75, 3.05) is 0 Å². The molecule has 6 nitrogen and oxygen atoms in total. The molecule has 0 unspecified atom stereocenters. The van der Waals surface area contributed by atoms with Gasteiger partial charge < -0.3 is 15.0 Å². The second kappa shape index (κ2) is 9.43. The number of benzene rings is 2. The van der Waals surface area contributed by atoms with E-state index in [9.17, 15) is 4.79 Å². The van der Waals surface area contributed by atoms with Gasteiger partial charge in [-0.1, -0.05) is 50.2 Å². The largest absolute Gasteiger partial charge is 0.445 e. The van der Waals surface area contributed by atoms with Crippen molar-refractivity contribution in [1.82, 2.24) is 20.3 Å². The lowest BCUT2D eigenvalue weighted by Crippen LogP contribution is -2.30. The SMILES string of the molecule is CC(C)C[C@@H](NC(=O)OCc1ccccc1)c1nc2ccc(-c3ccncc3)cc2[nH]1. The second-order valence-corrected chi connectivity index (χ2v) is 7.98. The van der Waals surface area contributed by atoms with Gasteiger partial charge in [0.2, 0.25) is 0 Å². The van der Waals surface area contributed by atoms with E-state index in [0.717, 1.165) is 40.0 Å². The molecule has 0 bridgehead atoms. The monoisotopic (exact) mass is 414 g/mol. The molecular formula is C25H26N4O2. The van der Waals surface area contributed by atoms with Crippen LogP contribution in [0.4, 0.5) is 4.79 Å². The summed E-state index contributed by atoms with van der Waals surface area (Å²) in [7, 11) is 0. The number of aromatic amines is 1. The smallest absolute Gasteiger partial charge is 0.408 e. The van der Waals surface area contributed by atoms with Gasteiger partial charge in [-0.15, -0.1) is 0 Å². The molecule has 31 heavy (non-hydrogen) atoms. The van der Waals surface area contributed by atoms with E-state index >= 15 is 0 Å². The van der Waals surface area contributed by atoms with Gasteiger partial charge >= 0.3 is 6.09 Å².